The SMILES string of the molecule is OCCC#Cc1cc(CN2CCC(CO)CC2)ccc1F. The Morgan fingerprint density at radius 1 is 1.24 bits per heavy atom. The fourth-order valence-corrected chi connectivity index (χ4v) is 2.57. The van der Waals surface area contributed by atoms with Gasteiger partial charge in [-0.3, -0.25) is 4.90 Å². The van der Waals surface area contributed by atoms with Crippen molar-refractivity contribution in [3.05, 3.63) is 35.1 Å². The van der Waals surface area contributed by atoms with Crippen molar-refractivity contribution in [3.8, 4) is 11.8 Å². The molecule has 1 fully saturated rings. The molecule has 0 spiro atoms. The van der Waals surface area contributed by atoms with Crippen LogP contribution in [-0.4, -0.2) is 41.4 Å². The second kappa shape index (κ2) is 8.14. The molecule has 21 heavy (non-hydrogen) atoms. The maximum atomic E-state index is 13.7. The lowest BCUT2D eigenvalue weighted by Crippen LogP contribution is -2.34. The monoisotopic (exact) mass is 291 g/mol. The van der Waals surface area contributed by atoms with Gasteiger partial charge in [0.05, 0.1) is 12.2 Å². The van der Waals surface area contributed by atoms with E-state index in [0.29, 0.717) is 17.9 Å². The maximum Gasteiger partial charge on any atom is 0.138 e. The molecule has 2 N–H and O–H groups in total. The predicted octanol–water partition coefficient (Wildman–Crippen LogP) is 1.76. The van der Waals surface area contributed by atoms with E-state index in [4.69, 9.17) is 10.2 Å². The quantitative estimate of drug-likeness (QED) is 0.831. The van der Waals surface area contributed by atoms with E-state index in [1.165, 1.54) is 6.07 Å². The summed E-state index contributed by atoms with van der Waals surface area (Å²) in [6, 6.07) is 5.04. The van der Waals surface area contributed by atoms with Crippen LogP contribution in [0, 0.1) is 23.6 Å². The molecule has 1 heterocycles. The van der Waals surface area contributed by atoms with Crippen molar-refractivity contribution < 1.29 is 14.6 Å². The molecule has 1 aliphatic heterocycles. The Morgan fingerprint density at radius 3 is 2.67 bits per heavy atom. The van der Waals surface area contributed by atoms with Gasteiger partial charge in [0.2, 0.25) is 0 Å². The zero-order valence-corrected chi connectivity index (χ0v) is 12.2. The first-order valence-electron chi connectivity index (χ1n) is 7.44. The molecular formula is C17H22FNO2. The lowest BCUT2D eigenvalue weighted by molar-refractivity contribution is 0.127. The Morgan fingerprint density at radius 2 is 2.00 bits per heavy atom. The van der Waals surface area contributed by atoms with Gasteiger partial charge in [0.1, 0.15) is 5.82 Å². The Bertz CT molecular complexity index is 513. The molecule has 0 unspecified atom stereocenters. The molecule has 4 heteroatoms. The minimum absolute atomic E-state index is 0.00584. The average Bonchev–Trinajstić information content (AvgIpc) is 2.51. The molecular weight excluding hydrogens is 269 g/mol. The van der Waals surface area contributed by atoms with E-state index in [1.807, 2.05) is 0 Å². The third-order valence-corrected chi connectivity index (χ3v) is 3.86. The molecule has 0 aromatic heterocycles. The number of nitrogens with zero attached hydrogens (tertiary/aromatic N) is 1. The van der Waals surface area contributed by atoms with Gasteiger partial charge >= 0.3 is 0 Å². The number of halogens is 1. The highest BCUT2D eigenvalue weighted by Gasteiger charge is 2.18. The van der Waals surface area contributed by atoms with Crippen LogP contribution in [0.15, 0.2) is 18.2 Å². The second-order valence-corrected chi connectivity index (χ2v) is 5.49. The lowest BCUT2D eigenvalue weighted by Gasteiger charge is -2.31. The van der Waals surface area contributed by atoms with Gasteiger partial charge in [-0.2, -0.15) is 0 Å². The highest BCUT2D eigenvalue weighted by atomic mass is 19.1. The lowest BCUT2D eigenvalue weighted by atomic mass is 9.97. The largest absolute Gasteiger partial charge is 0.396 e. The van der Waals surface area contributed by atoms with Crippen LogP contribution in [0.1, 0.15) is 30.4 Å². The van der Waals surface area contributed by atoms with Crippen LogP contribution in [0.25, 0.3) is 0 Å². The highest BCUT2D eigenvalue weighted by molar-refractivity contribution is 5.38. The molecule has 0 radical (unpaired) electrons. The number of hydrogen-bond acceptors (Lipinski definition) is 3. The van der Waals surface area contributed by atoms with Crippen molar-refractivity contribution in [2.45, 2.75) is 25.8 Å². The van der Waals surface area contributed by atoms with Crippen molar-refractivity contribution in [1.29, 1.82) is 0 Å². The molecule has 1 aliphatic rings. The standard InChI is InChI=1S/C17H22FNO2/c18-17-5-4-15(11-16(17)3-1-2-10-20)12-19-8-6-14(13-21)7-9-19/h4-5,11,14,20-21H,2,6-10,12-13H2. The summed E-state index contributed by atoms with van der Waals surface area (Å²) in [4.78, 5) is 2.32. The van der Waals surface area contributed by atoms with E-state index in [1.54, 1.807) is 12.1 Å². The fraction of sp³-hybridized carbons (Fsp3) is 0.529. The fourth-order valence-electron chi connectivity index (χ4n) is 2.57. The maximum absolute atomic E-state index is 13.7. The van der Waals surface area contributed by atoms with Crippen LogP contribution < -0.4 is 0 Å². The summed E-state index contributed by atoms with van der Waals surface area (Å²) in [5.74, 6) is 5.64. The van der Waals surface area contributed by atoms with Crippen LogP contribution in [0.2, 0.25) is 0 Å². The third-order valence-electron chi connectivity index (χ3n) is 3.86. The van der Waals surface area contributed by atoms with Crippen molar-refractivity contribution in [3.63, 3.8) is 0 Å². The van der Waals surface area contributed by atoms with E-state index in [2.05, 4.69) is 16.7 Å². The molecule has 1 saturated heterocycles. The van der Waals surface area contributed by atoms with Crippen molar-refractivity contribution in [2.24, 2.45) is 5.92 Å². The number of benzene rings is 1. The van der Waals surface area contributed by atoms with E-state index in [-0.39, 0.29) is 19.0 Å². The molecule has 2 rings (SSSR count). The highest BCUT2D eigenvalue weighted by Crippen LogP contribution is 2.19. The number of aliphatic hydroxyl groups is 2. The summed E-state index contributed by atoms with van der Waals surface area (Å²) in [6.45, 7) is 2.98. The van der Waals surface area contributed by atoms with Crippen LogP contribution in [0.5, 0.6) is 0 Å². The van der Waals surface area contributed by atoms with Gasteiger partial charge in [0.25, 0.3) is 0 Å². The van der Waals surface area contributed by atoms with Crippen LogP contribution in [-0.2, 0) is 6.54 Å². The van der Waals surface area contributed by atoms with Gasteiger partial charge in [-0.1, -0.05) is 17.9 Å². The first-order chi connectivity index (χ1) is 10.2. The minimum atomic E-state index is -0.317. The van der Waals surface area contributed by atoms with Crippen LogP contribution >= 0.6 is 0 Å². The number of rotatable bonds is 4. The molecule has 1 aromatic rings. The Balaban J connectivity index is 1.98. The summed E-state index contributed by atoms with van der Waals surface area (Å²) in [5.41, 5.74) is 1.44. The molecule has 3 nitrogen and oxygen atoms in total. The van der Waals surface area contributed by atoms with Crippen LogP contribution in [0.4, 0.5) is 4.39 Å². The third kappa shape index (κ3) is 4.82. The normalized spacial score (nSPS) is 16.5. The summed E-state index contributed by atoms with van der Waals surface area (Å²) in [6.07, 6.45) is 2.39. The van der Waals surface area contributed by atoms with Gasteiger partial charge in [0.15, 0.2) is 0 Å². The van der Waals surface area contributed by atoms with Gasteiger partial charge in [-0.15, -0.1) is 0 Å². The first-order valence-corrected chi connectivity index (χ1v) is 7.44. The minimum Gasteiger partial charge on any atom is -0.396 e. The summed E-state index contributed by atoms with van der Waals surface area (Å²) < 4.78 is 13.7. The second-order valence-electron chi connectivity index (χ2n) is 5.49. The molecule has 0 saturated carbocycles. The van der Waals surface area contributed by atoms with Crippen molar-refractivity contribution in [2.75, 3.05) is 26.3 Å². The van der Waals surface area contributed by atoms with Crippen molar-refractivity contribution >= 4 is 0 Å². The number of likely N-dealkylation sites (tertiary alicyclic amines) is 1. The molecule has 114 valence electrons. The summed E-state index contributed by atoms with van der Waals surface area (Å²) >= 11 is 0. The number of piperidine rings is 1. The zero-order valence-electron chi connectivity index (χ0n) is 12.2. The Labute approximate surface area is 125 Å². The van der Waals surface area contributed by atoms with Gasteiger partial charge < -0.3 is 10.2 Å². The molecule has 0 amide bonds. The molecule has 1 aromatic carbocycles. The smallest absolute Gasteiger partial charge is 0.138 e. The van der Waals surface area contributed by atoms with E-state index >= 15 is 0 Å². The number of aliphatic hydroxyl groups excluding tert-OH is 2. The Kier molecular flexibility index (Phi) is 6.19. The molecule has 0 bridgehead atoms. The van der Waals surface area contributed by atoms with Gasteiger partial charge in [-0.05, 0) is 49.5 Å². The van der Waals surface area contributed by atoms with Crippen molar-refractivity contribution in [1.82, 2.24) is 4.90 Å². The van der Waals surface area contributed by atoms with E-state index in [9.17, 15) is 4.39 Å². The number of hydrogen-bond donors (Lipinski definition) is 2. The average molecular weight is 291 g/mol. The molecule has 0 aliphatic carbocycles. The van der Waals surface area contributed by atoms with Gasteiger partial charge in [-0.25, -0.2) is 4.39 Å². The zero-order chi connectivity index (χ0) is 15.1. The summed E-state index contributed by atoms with van der Waals surface area (Å²) in [5, 5.41) is 17.8. The van der Waals surface area contributed by atoms with E-state index in [0.717, 1.165) is 38.0 Å². The molecule has 0 atom stereocenters. The van der Waals surface area contributed by atoms with Gasteiger partial charge in [0, 0.05) is 19.6 Å². The van der Waals surface area contributed by atoms with E-state index < -0.39 is 0 Å². The topological polar surface area (TPSA) is 43.7 Å². The first kappa shape index (κ1) is 16.0. The predicted molar refractivity (Wildman–Crippen MR) is 80.1 cm³/mol. The Hall–Kier alpha value is -1.41. The summed E-state index contributed by atoms with van der Waals surface area (Å²) in [7, 11) is 0. The van der Waals surface area contributed by atoms with Crippen LogP contribution in [0.3, 0.4) is 0 Å².